The summed E-state index contributed by atoms with van der Waals surface area (Å²) in [6.07, 6.45) is 3.51. The van der Waals surface area contributed by atoms with Gasteiger partial charge in [0.15, 0.2) is 5.69 Å². The van der Waals surface area contributed by atoms with E-state index in [9.17, 15) is 0 Å². The molecule has 3 aromatic heterocycles. The van der Waals surface area contributed by atoms with Gasteiger partial charge < -0.3 is 28.1 Å². The molecule has 0 amide bonds. The van der Waals surface area contributed by atoms with E-state index >= 15 is 0 Å². The number of rotatable bonds is 7. The van der Waals surface area contributed by atoms with Gasteiger partial charge >= 0.3 is 0 Å². The van der Waals surface area contributed by atoms with Crippen molar-refractivity contribution >= 4 is 49.3 Å². The normalized spacial score (nSPS) is 11.3. The van der Waals surface area contributed by atoms with E-state index in [2.05, 4.69) is 61.4 Å². The Balaban J connectivity index is 1.57. The van der Waals surface area contributed by atoms with Gasteiger partial charge in [-0.3, -0.25) is 4.98 Å². The third-order valence-electron chi connectivity index (χ3n) is 9.05. The molecular weight excluding hydrogens is 600 g/mol. The predicted octanol–water partition coefficient (Wildman–Crippen LogP) is 9.53. The van der Waals surface area contributed by atoms with Gasteiger partial charge in [-0.05, 0) is 108 Å². The van der Waals surface area contributed by atoms with Crippen LogP contribution in [0.2, 0.25) is 0 Å². The molecule has 5 aromatic carbocycles. The van der Waals surface area contributed by atoms with Crippen LogP contribution in [0.3, 0.4) is 0 Å². The largest absolute Gasteiger partial charge is 0.497 e. The molecule has 0 fully saturated rings. The zero-order valence-corrected chi connectivity index (χ0v) is 26.8. The highest BCUT2D eigenvalue weighted by molar-refractivity contribution is 6.13. The average Bonchev–Trinajstić information content (AvgIpc) is 3.65. The fourth-order valence-corrected chi connectivity index (χ4v) is 6.77. The Kier molecular flexibility index (Phi) is 6.89. The summed E-state index contributed by atoms with van der Waals surface area (Å²) < 4.78 is 27.1. The first-order valence-corrected chi connectivity index (χ1v) is 15.4. The van der Waals surface area contributed by atoms with Crippen LogP contribution in [0, 0.1) is 6.57 Å². The summed E-state index contributed by atoms with van der Waals surface area (Å²) in [5, 5.41) is 4.05. The topological polar surface area (TPSA) is 64.0 Å². The molecule has 0 saturated carbocycles. The van der Waals surface area contributed by atoms with Crippen molar-refractivity contribution in [2.24, 2.45) is 0 Å². The maximum absolute atomic E-state index is 8.32. The van der Waals surface area contributed by atoms with Crippen LogP contribution in [0.4, 0.5) is 5.69 Å². The van der Waals surface area contributed by atoms with Gasteiger partial charge in [-0.25, -0.2) is 4.85 Å². The monoisotopic (exact) mass is 630 g/mol. The van der Waals surface area contributed by atoms with Crippen LogP contribution in [0.1, 0.15) is 0 Å². The molecule has 8 nitrogen and oxygen atoms in total. The smallest absolute Gasteiger partial charge is 0.197 e. The quantitative estimate of drug-likeness (QED) is 0.164. The lowest BCUT2D eigenvalue weighted by Crippen LogP contribution is -2.04. The van der Waals surface area contributed by atoms with E-state index in [4.69, 9.17) is 25.5 Å². The van der Waals surface area contributed by atoms with Crippen LogP contribution in [0.5, 0.6) is 23.0 Å². The second-order valence-electron chi connectivity index (χ2n) is 11.4. The number of ether oxygens (including phenoxy) is 4. The third kappa shape index (κ3) is 4.40. The fraction of sp³-hybridized carbons (Fsp3) is 0.100. The van der Waals surface area contributed by atoms with Gasteiger partial charge in [0.1, 0.15) is 23.0 Å². The van der Waals surface area contributed by atoms with Crippen molar-refractivity contribution in [1.29, 1.82) is 0 Å². The van der Waals surface area contributed by atoms with E-state index in [1.807, 2.05) is 54.6 Å². The van der Waals surface area contributed by atoms with Crippen molar-refractivity contribution in [3.05, 3.63) is 121 Å². The van der Waals surface area contributed by atoms with Crippen LogP contribution in [-0.2, 0) is 0 Å². The van der Waals surface area contributed by atoms with Crippen LogP contribution in [0.25, 0.3) is 71.0 Å². The zero-order chi connectivity index (χ0) is 32.9. The van der Waals surface area contributed by atoms with Gasteiger partial charge in [0.2, 0.25) is 0 Å². The molecule has 0 unspecified atom stereocenters. The van der Waals surface area contributed by atoms with Crippen molar-refractivity contribution < 1.29 is 18.9 Å². The molecule has 0 aliphatic heterocycles. The lowest BCUT2D eigenvalue weighted by Gasteiger charge is -2.20. The van der Waals surface area contributed by atoms with Gasteiger partial charge in [-0.2, -0.15) is 0 Å². The Labute approximate surface area is 276 Å². The first kappa shape index (κ1) is 29.0. The van der Waals surface area contributed by atoms with E-state index in [0.717, 1.165) is 89.1 Å². The number of nitrogens with zero attached hydrogens (tertiary/aromatic N) is 4. The molecule has 0 atom stereocenters. The molecule has 3 heterocycles. The van der Waals surface area contributed by atoms with Gasteiger partial charge in [-0.15, -0.1) is 0 Å². The zero-order valence-electron chi connectivity index (χ0n) is 26.8. The Bertz CT molecular complexity index is 2460. The first-order valence-electron chi connectivity index (χ1n) is 15.4. The number of benzene rings is 5. The summed E-state index contributed by atoms with van der Waals surface area (Å²) in [6.45, 7) is 8.32. The number of hydrogen-bond acceptors (Lipinski definition) is 5. The summed E-state index contributed by atoms with van der Waals surface area (Å²) in [5.74, 6) is 3.03. The third-order valence-corrected chi connectivity index (χ3v) is 9.05. The standard InChI is InChI=1S/C40H30N4O4/c1-41-34-23-40(44-37-12-8-27(47-4)20-32(37)33-21-28(48-5)9-13-38(33)44)39(22-29(34)24-14-16-42-17-15-24)43-35-10-6-25(45-2)18-30(35)31-19-26(46-3)7-11-36(31)43/h6-23H,2-5H3. The predicted molar refractivity (Wildman–Crippen MR) is 191 cm³/mol. The number of hydrogen-bond donors (Lipinski definition) is 0. The molecule has 8 rings (SSSR count). The highest BCUT2D eigenvalue weighted by Crippen LogP contribution is 2.44. The first-order chi connectivity index (χ1) is 23.6. The number of pyridine rings is 1. The Morgan fingerprint density at radius 3 is 1.23 bits per heavy atom. The van der Waals surface area contributed by atoms with Gasteiger partial charge in [0.25, 0.3) is 0 Å². The van der Waals surface area contributed by atoms with E-state index in [0.29, 0.717) is 5.69 Å². The lowest BCUT2D eigenvalue weighted by molar-refractivity contribution is 0.415. The van der Waals surface area contributed by atoms with E-state index in [1.54, 1.807) is 40.8 Å². The van der Waals surface area contributed by atoms with Crippen molar-refractivity contribution in [3.63, 3.8) is 0 Å². The number of methoxy groups -OCH3 is 4. The second-order valence-corrected chi connectivity index (χ2v) is 11.4. The van der Waals surface area contributed by atoms with E-state index in [-0.39, 0.29) is 0 Å². The molecule has 8 aromatic rings. The maximum Gasteiger partial charge on any atom is 0.197 e. The molecule has 0 aliphatic carbocycles. The van der Waals surface area contributed by atoms with Crippen molar-refractivity contribution in [3.8, 4) is 45.5 Å². The van der Waals surface area contributed by atoms with Crippen LogP contribution in [0.15, 0.2) is 109 Å². The van der Waals surface area contributed by atoms with Gasteiger partial charge in [0.05, 0.1) is 68.5 Å². The molecule has 0 saturated heterocycles. The maximum atomic E-state index is 8.32. The molecule has 0 spiro atoms. The minimum absolute atomic E-state index is 0.529. The van der Waals surface area contributed by atoms with E-state index in [1.165, 1.54) is 0 Å². The minimum Gasteiger partial charge on any atom is -0.497 e. The average molecular weight is 631 g/mol. The molecule has 48 heavy (non-hydrogen) atoms. The Morgan fingerprint density at radius 2 is 0.875 bits per heavy atom. The minimum atomic E-state index is 0.529. The SMILES string of the molecule is [C-]#[N+]c1cc(-n2c3ccc(OC)cc3c3cc(OC)ccc32)c(-n2c3ccc(OC)cc3c3cc(OC)ccc32)cc1-c1ccncc1. The van der Waals surface area contributed by atoms with Crippen molar-refractivity contribution in [1.82, 2.24) is 14.1 Å². The van der Waals surface area contributed by atoms with Gasteiger partial charge in [-0.1, -0.05) is 0 Å². The van der Waals surface area contributed by atoms with Crippen molar-refractivity contribution in [2.75, 3.05) is 28.4 Å². The van der Waals surface area contributed by atoms with Crippen LogP contribution in [-0.4, -0.2) is 42.6 Å². The summed E-state index contributed by atoms with van der Waals surface area (Å²) in [7, 11) is 6.70. The molecular formula is C40H30N4O4. The second kappa shape index (κ2) is 11.4. The molecule has 0 N–H and O–H groups in total. The molecule has 0 radical (unpaired) electrons. The highest BCUT2D eigenvalue weighted by Gasteiger charge is 2.23. The summed E-state index contributed by atoms with van der Waals surface area (Å²) in [5.41, 5.74) is 7.91. The molecule has 234 valence electrons. The fourth-order valence-electron chi connectivity index (χ4n) is 6.77. The number of aromatic nitrogens is 3. The van der Waals surface area contributed by atoms with Gasteiger partial charge in [0, 0.05) is 33.9 Å². The molecule has 0 bridgehead atoms. The Hall–Kier alpha value is -6.46. The summed E-state index contributed by atoms with van der Waals surface area (Å²) in [4.78, 5) is 8.30. The number of fused-ring (bicyclic) bond motifs is 6. The summed E-state index contributed by atoms with van der Waals surface area (Å²) >= 11 is 0. The molecule has 0 aliphatic rings. The highest BCUT2D eigenvalue weighted by atomic mass is 16.5. The Morgan fingerprint density at radius 1 is 0.500 bits per heavy atom. The van der Waals surface area contributed by atoms with E-state index < -0.39 is 0 Å². The molecule has 8 heteroatoms. The van der Waals surface area contributed by atoms with Crippen LogP contribution < -0.4 is 18.9 Å². The summed E-state index contributed by atoms with van der Waals surface area (Å²) in [6, 6.07) is 32.4. The van der Waals surface area contributed by atoms with Crippen LogP contribution >= 0.6 is 0 Å². The van der Waals surface area contributed by atoms with Crippen molar-refractivity contribution in [2.45, 2.75) is 0 Å². The lowest BCUT2D eigenvalue weighted by atomic mass is 10.0.